The van der Waals surface area contributed by atoms with Gasteiger partial charge in [0.05, 0.1) is 0 Å². The van der Waals surface area contributed by atoms with E-state index in [2.05, 4.69) is 5.32 Å². The van der Waals surface area contributed by atoms with Gasteiger partial charge in [-0.2, -0.15) is 0 Å². The fourth-order valence-electron chi connectivity index (χ4n) is 3.84. The number of halogens is 3. The van der Waals surface area contributed by atoms with Gasteiger partial charge in [0.2, 0.25) is 11.8 Å². The summed E-state index contributed by atoms with van der Waals surface area (Å²) >= 11 is 11.8. The summed E-state index contributed by atoms with van der Waals surface area (Å²) in [5.74, 6) is -1.25. The average Bonchev–Trinajstić information content (AvgIpc) is 3.25. The van der Waals surface area contributed by atoms with E-state index in [0.29, 0.717) is 23.6 Å². The molecule has 7 heteroatoms. The van der Waals surface area contributed by atoms with E-state index in [4.69, 9.17) is 23.2 Å². The van der Waals surface area contributed by atoms with Crippen molar-refractivity contribution in [3.63, 3.8) is 0 Å². The third kappa shape index (κ3) is 5.96. The number of hydrogen-bond donors (Lipinski definition) is 1. The highest BCUT2D eigenvalue weighted by Crippen LogP contribution is 2.25. The number of carbonyl (C=O) groups excluding carboxylic acids is 2. The fourth-order valence-corrected chi connectivity index (χ4v) is 4.12. The minimum absolute atomic E-state index is 0.102. The first-order valence-electron chi connectivity index (χ1n) is 10.1. The topological polar surface area (TPSA) is 49.4 Å². The Balaban J connectivity index is 1.86. The molecule has 1 N–H and O–H groups in total. The molecule has 1 saturated carbocycles. The third-order valence-corrected chi connectivity index (χ3v) is 5.92. The van der Waals surface area contributed by atoms with Crippen molar-refractivity contribution >= 4 is 35.0 Å². The second kappa shape index (κ2) is 10.8. The van der Waals surface area contributed by atoms with E-state index in [1.165, 1.54) is 17.0 Å². The zero-order valence-corrected chi connectivity index (χ0v) is 18.1. The summed E-state index contributed by atoms with van der Waals surface area (Å²) in [4.78, 5) is 27.5. The van der Waals surface area contributed by atoms with Gasteiger partial charge in [-0.25, -0.2) is 4.39 Å². The first-order valence-corrected chi connectivity index (χ1v) is 11.0. The van der Waals surface area contributed by atoms with Gasteiger partial charge in [-0.15, -0.1) is 11.6 Å². The van der Waals surface area contributed by atoms with Gasteiger partial charge in [0.15, 0.2) is 0 Å². The van der Waals surface area contributed by atoms with Crippen LogP contribution in [-0.4, -0.2) is 35.2 Å². The van der Waals surface area contributed by atoms with Crippen molar-refractivity contribution in [2.24, 2.45) is 0 Å². The molecule has 0 spiro atoms. The Labute approximate surface area is 186 Å². The number of amides is 2. The number of rotatable bonds is 8. The van der Waals surface area contributed by atoms with Gasteiger partial charge in [0.25, 0.3) is 0 Å². The van der Waals surface area contributed by atoms with E-state index in [9.17, 15) is 14.0 Å². The van der Waals surface area contributed by atoms with Crippen LogP contribution in [0.3, 0.4) is 0 Å². The number of alkyl halides is 1. The smallest absolute Gasteiger partial charge is 0.247 e. The lowest BCUT2D eigenvalue weighted by Gasteiger charge is -2.32. The first-order chi connectivity index (χ1) is 14.5. The van der Waals surface area contributed by atoms with Gasteiger partial charge in [-0.3, -0.25) is 9.59 Å². The molecule has 0 heterocycles. The van der Waals surface area contributed by atoms with Gasteiger partial charge < -0.3 is 10.2 Å². The highest BCUT2D eigenvalue weighted by Gasteiger charge is 2.32. The molecule has 3 rings (SSSR count). The third-order valence-electron chi connectivity index (χ3n) is 5.44. The van der Waals surface area contributed by atoms with Crippen LogP contribution in [0.2, 0.25) is 5.02 Å². The van der Waals surface area contributed by atoms with Crippen LogP contribution in [0.5, 0.6) is 0 Å². The summed E-state index contributed by atoms with van der Waals surface area (Å²) in [5.41, 5.74) is 1.54. The van der Waals surface area contributed by atoms with E-state index in [-0.39, 0.29) is 23.7 Å². The van der Waals surface area contributed by atoms with E-state index in [0.717, 1.165) is 31.2 Å². The standard InChI is InChI=1S/C23H25Cl2FN2O2/c24-15-21(29)28(14-13-16-5-9-18(25)10-6-16)22(17-7-11-19(26)12-8-17)23(30)27-20-3-1-2-4-20/h5-12,20,22H,1-4,13-15H2,(H,27,30). The van der Waals surface area contributed by atoms with Crippen molar-refractivity contribution in [1.29, 1.82) is 0 Å². The van der Waals surface area contributed by atoms with Crippen molar-refractivity contribution in [2.45, 2.75) is 44.2 Å². The summed E-state index contributed by atoms with van der Waals surface area (Å²) in [7, 11) is 0. The maximum atomic E-state index is 13.5. The second-order valence-corrected chi connectivity index (χ2v) is 8.24. The number of hydrogen-bond acceptors (Lipinski definition) is 2. The summed E-state index contributed by atoms with van der Waals surface area (Å²) in [5, 5.41) is 3.70. The van der Waals surface area contributed by atoms with Crippen LogP contribution >= 0.6 is 23.2 Å². The van der Waals surface area contributed by atoms with Crippen LogP contribution in [0, 0.1) is 5.82 Å². The SMILES string of the molecule is O=C(NC1CCCC1)C(c1ccc(F)cc1)N(CCc1ccc(Cl)cc1)C(=O)CCl. The second-order valence-electron chi connectivity index (χ2n) is 7.54. The quantitative estimate of drug-likeness (QED) is 0.582. The molecule has 0 bridgehead atoms. The first kappa shape index (κ1) is 22.6. The van der Waals surface area contributed by atoms with Gasteiger partial charge in [-0.05, 0) is 54.7 Å². The highest BCUT2D eigenvalue weighted by atomic mass is 35.5. The molecular weight excluding hydrogens is 426 g/mol. The van der Waals surface area contributed by atoms with Gasteiger partial charge >= 0.3 is 0 Å². The average molecular weight is 451 g/mol. The molecule has 1 aliphatic rings. The van der Waals surface area contributed by atoms with E-state index < -0.39 is 11.9 Å². The van der Waals surface area contributed by atoms with Crippen molar-refractivity contribution in [3.05, 3.63) is 70.5 Å². The number of nitrogens with one attached hydrogen (secondary N) is 1. The molecule has 2 aromatic rings. The van der Waals surface area contributed by atoms with Gasteiger partial charge in [-0.1, -0.05) is 48.7 Å². The van der Waals surface area contributed by atoms with Crippen LogP contribution < -0.4 is 5.32 Å². The van der Waals surface area contributed by atoms with E-state index in [1.54, 1.807) is 24.3 Å². The summed E-state index contributed by atoms with van der Waals surface area (Å²) < 4.78 is 13.5. The molecular formula is C23H25Cl2FN2O2. The maximum Gasteiger partial charge on any atom is 0.247 e. The number of nitrogens with zero attached hydrogens (tertiary/aromatic N) is 1. The van der Waals surface area contributed by atoms with E-state index in [1.807, 2.05) is 12.1 Å². The monoisotopic (exact) mass is 450 g/mol. The highest BCUT2D eigenvalue weighted by molar-refractivity contribution is 6.30. The molecule has 1 unspecified atom stereocenters. The van der Waals surface area contributed by atoms with Crippen LogP contribution in [0.1, 0.15) is 42.9 Å². The maximum absolute atomic E-state index is 13.5. The number of benzene rings is 2. The summed E-state index contributed by atoms with van der Waals surface area (Å²) in [6.07, 6.45) is 4.54. The zero-order chi connectivity index (χ0) is 21.5. The molecule has 2 amide bonds. The lowest BCUT2D eigenvalue weighted by Crippen LogP contribution is -2.47. The Bertz CT molecular complexity index is 853. The fraction of sp³-hybridized carbons (Fsp3) is 0.391. The molecule has 4 nitrogen and oxygen atoms in total. The molecule has 1 fully saturated rings. The van der Waals surface area contributed by atoms with Gasteiger partial charge in [0.1, 0.15) is 17.7 Å². The zero-order valence-electron chi connectivity index (χ0n) is 16.6. The molecule has 0 saturated heterocycles. The Morgan fingerprint density at radius 3 is 2.30 bits per heavy atom. The normalized spacial score (nSPS) is 15.0. The Hall–Kier alpha value is -2.11. The Morgan fingerprint density at radius 1 is 1.07 bits per heavy atom. The molecule has 2 aromatic carbocycles. The molecule has 0 radical (unpaired) electrons. The molecule has 1 atom stereocenters. The van der Waals surface area contributed by atoms with Crippen molar-refractivity contribution < 1.29 is 14.0 Å². The largest absolute Gasteiger partial charge is 0.351 e. The van der Waals surface area contributed by atoms with Crippen LogP contribution in [-0.2, 0) is 16.0 Å². The Kier molecular flexibility index (Phi) is 8.11. The summed E-state index contributed by atoms with van der Waals surface area (Å²) in [6.45, 7) is 0.299. The van der Waals surface area contributed by atoms with Crippen molar-refractivity contribution in [3.8, 4) is 0 Å². The molecule has 0 aromatic heterocycles. The van der Waals surface area contributed by atoms with Crippen molar-refractivity contribution in [2.75, 3.05) is 12.4 Å². The minimum atomic E-state index is -0.871. The van der Waals surface area contributed by atoms with Gasteiger partial charge in [0, 0.05) is 17.6 Å². The lowest BCUT2D eigenvalue weighted by atomic mass is 10.0. The lowest BCUT2D eigenvalue weighted by molar-refractivity contribution is -0.139. The van der Waals surface area contributed by atoms with Crippen LogP contribution in [0.4, 0.5) is 4.39 Å². The number of carbonyl (C=O) groups is 2. The van der Waals surface area contributed by atoms with E-state index >= 15 is 0 Å². The molecule has 0 aliphatic heterocycles. The van der Waals surface area contributed by atoms with Crippen LogP contribution in [0.15, 0.2) is 48.5 Å². The molecule has 30 heavy (non-hydrogen) atoms. The minimum Gasteiger partial charge on any atom is -0.351 e. The molecule has 160 valence electrons. The van der Waals surface area contributed by atoms with Crippen molar-refractivity contribution in [1.82, 2.24) is 10.2 Å². The predicted molar refractivity (Wildman–Crippen MR) is 117 cm³/mol. The Morgan fingerprint density at radius 2 is 1.70 bits per heavy atom. The predicted octanol–water partition coefficient (Wildman–Crippen LogP) is 4.89. The molecule has 1 aliphatic carbocycles. The van der Waals surface area contributed by atoms with Crippen LogP contribution in [0.25, 0.3) is 0 Å². The summed E-state index contributed by atoms with van der Waals surface area (Å²) in [6, 6.07) is 12.3.